The summed E-state index contributed by atoms with van der Waals surface area (Å²) < 4.78 is 27.4. The van der Waals surface area contributed by atoms with Crippen molar-refractivity contribution in [1.82, 2.24) is 14.7 Å². The number of amides is 2. The van der Waals surface area contributed by atoms with Crippen molar-refractivity contribution < 1.29 is 28.3 Å². The molecule has 0 saturated carbocycles. The lowest BCUT2D eigenvalue weighted by atomic mass is 9.79. The molecule has 1 aromatic carbocycles. The van der Waals surface area contributed by atoms with E-state index in [1.807, 2.05) is 36.4 Å². The van der Waals surface area contributed by atoms with Gasteiger partial charge in [-0.25, -0.2) is 18.7 Å². The highest BCUT2D eigenvalue weighted by Gasteiger charge is 2.47. The molecular weight excluding hydrogens is 398 g/mol. The number of hydroxylamine groups is 1. The molecule has 0 aromatic heterocycles. The Bertz CT molecular complexity index is 892. The molecule has 2 amide bonds. The van der Waals surface area contributed by atoms with E-state index >= 15 is 0 Å². The Morgan fingerprint density at radius 2 is 1.76 bits per heavy atom. The van der Waals surface area contributed by atoms with Crippen LogP contribution in [0.15, 0.2) is 36.4 Å². The second kappa shape index (κ2) is 8.52. The molecule has 2 aliphatic rings. The lowest BCUT2D eigenvalue weighted by Crippen LogP contribution is -2.54. The average molecular weight is 423 g/mol. The largest absolute Gasteiger partial charge is 0.465 e. The van der Waals surface area contributed by atoms with Gasteiger partial charge in [-0.15, -0.1) is 0 Å². The third kappa shape index (κ3) is 4.60. The number of carbonyl (C=O) groups excluding carboxylic acids is 1. The number of sulfonamides is 1. The molecule has 0 spiro atoms. The molecule has 0 atom stereocenters. The zero-order chi connectivity index (χ0) is 21.1. The topological polar surface area (TPSA) is 127 Å². The second-order valence-electron chi connectivity index (χ2n) is 7.45. The van der Waals surface area contributed by atoms with Crippen LogP contribution in [0.1, 0.15) is 24.8 Å². The summed E-state index contributed by atoms with van der Waals surface area (Å²) in [5.41, 5.74) is 2.35. The third-order valence-corrected chi connectivity index (χ3v) is 7.78. The minimum absolute atomic E-state index is 0.0316. The van der Waals surface area contributed by atoms with Crippen LogP contribution in [0, 0.1) is 5.41 Å². The molecule has 3 N–H and O–H groups in total. The van der Waals surface area contributed by atoms with Crippen LogP contribution in [0.5, 0.6) is 0 Å². The Hall–Kier alpha value is -2.43. The highest BCUT2D eigenvalue weighted by Crippen LogP contribution is 2.35. The normalized spacial score (nSPS) is 20.0. The van der Waals surface area contributed by atoms with Crippen LogP contribution < -0.4 is 5.48 Å². The van der Waals surface area contributed by atoms with E-state index in [4.69, 9.17) is 10.3 Å². The quantitative estimate of drug-likeness (QED) is 0.485. The molecule has 0 bridgehead atoms. The molecule has 3 rings (SSSR count). The summed E-state index contributed by atoms with van der Waals surface area (Å²) in [5.74, 6) is -1.25. The molecule has 29 heavy (non-hydrogen) atoms. The first kappa shape index (κ1) is 21.3. The van der Waals surface area contributed by atoms with Crippen molar-refractivity contribution in [3.8, 4) is 0 Å². The van der Waals surface area contributed by atoms with Gasteiger partial charge < -0.3 is 10.0 Å². The second-order valence-corrected chi connectivity index (χ2v) is 9.42. The Balaban J connectivity index is 1.74. The number of carboxylic acid groups (broad SMARTS) is 1. The van der Waals surface area contributed by atoms with Gasteiger partial charge in [-0.1, -0.05) is 36.4 Å². The Kier molecular flexibility index (Phi) is 6.25. The van der Waals surface area contributed by atoms with E-state index < -0.39 is 33.2 Å². The number of hydrogen-bond donors (Lipinski definition) is 3. The first-order valence-corrected chi connectivity index (χ1v) is 11.0. The van der Waals surface area contributed by atoms with E-state index in [9.17, 15) is 18.0 Å². The fraction of sp³-hybridized carbons (Fsp3) is 0.474. The van der Waals surface area contributed by atoms with Gasteiger partial charge in [-0.05, 0) is 30.4 Å². The van der Waals surface area contributed by atoms with Gasteiger partial charge in [0, 0.05) is 26.2 Å². The minimum atomic E-state index is -3.79. The molecule has 1 fully saturated rings. The summed E-state index contributed by atoms with van der Waals surface area (Å²) in [7, 11) is -3.79. The number of nitrogens with zero attached hydrogens (tertiary/aromatic N) is 2. The first-order valence-electron chi connectivity index (χ1n) is 9.42. The summed E-state index contributed by atoms with van der Waals surface area (Å²) in [6.45, 7) is 0.596. The monoisotopic (exact) mass is 423 g/mol. The standard InChI is InChI=1S/C19H25N3O6S/c23-17(20-26)19(8-12-21(13-9-19)18(24)25)14-29(27,28)22-10-6-16(7-11-22)15-4-2-1-3-5-15/h1-6,26H,7-14H2,(H,20,23)(H,24,25). The Morgan fingerprint density at radius 1 is 1.10 bits per heavy atom. The van der Waals surface area contributed by atoms with Crippen molar-refractivity contribution >= 4 is 27.6 Å². The fourth-order valence-electron chi connectivity index (χ4n) is 3.94. The number of piperidine rings is 1. The number of hydrogen-bond acceptors (Lipinski definition) is 5. The Morgan fingerprint density at radius 3 is 2.28 bits per heavy atom. The SMILES string of the molecule is O=C(O)N1CCC(CS(=O)(=O)N2CC=C(c3ccccc3)CC2)(C(=O)NO)CC1. The van der Waals surface area contributed by atoms with Gasteiger partial charge >= 0.3 is 6.09 Å². The van der Waals surface area contributed by atoms with Gasteiger partial charge in [-0.3, -0.25) is 10.0 Å². The minimum Gasteiger partial charge on any atom is -0.465 e. The van der Waals surface area contributed by atoms with Crippen molar-refractivity contribution in [2.24, 2.45) is 5.41 Å². The van der Waals surface area contributed by atoms with Crippen molar-refractivity contribution in [2.45, 2.75) is 19.3 Å². The van der Waals surface area contributed by atoms with E-state index in [2.05, 4.69) is 0 Å². The summed E-state index contributed by atoms with van der Waals surface area (Å²) in [5, 5.41) is 18.3. The molecular formula is C19H25N3O6S. The van der Waals surface area contributed by atoms with Crippen LogP contribution in [-0.2, 0) is 14.8 Å². The summed E-state index contributed by atoms with van der Waals surface area (Å²) in [6.07, 6.45) is 1.39. The first-order chi connectivity index (χ1) is 13.8. The molecule has 1 aromatic rings. The summed E-state index contributed by atoms with van der Waals surface area (Å²) in [4.78, 5) is 24.6. The van der Waals surface area contributed by atoms with Gasteiger partial charge in [0.2, 0.25) is 10.0 Å². The van der Waals surface area contributed by atoms with Crippen LogP contribution in [0.3, 0.4) is 0 Å². The van der Waals surface area contributed by atoms with Crippen LogP contribution in [0.2, 0.25) is 0 Å². The van der Waals surface area contributed by atoms with Crippen molar-refractivity contribution in [1.29, 1.82) is 0 Å². The molecule has 9 nitrogen and oxygen atoms in total. The van der Waals surface area contributed by atoms with E-state index in [0.29, 0.717) is 13.0 Å². The van der Waals surface area contributed by atoms with E-state index in [1.165, 1.54) is 4.31 Å². The van der Waals surface area contributed by atoms with E-state index in [-0.39, 0.29) is 32.5 Å². The van der Waals surface area contributed by atoms with Crippen molar-refractivity contribution in [2.75, 3.05) is 31.9 Å². The average Bonchev–Trinajstić information content (AvgIpc) is 2.74. The maximum absolute atomic E-state index is 13.0. The van der Waals surface area contributed by atoms with Crippen LogP contribution in [0.25, 0.3) is 5.57 Å². The van der Waals surface area contributed by atoms with Crippen LogP contribution >= 0.6 is 0 Å². The highest BCUT2D eigenvalue weighted by atomic mass is 32.2. The summed E-state index contributed by atoms with van der Waals surface area (Å²) >= 11 is 0. The van der Waals surface area contributed by atoms with E-state index in [1.54, 1.807) is 5.48 Å². The lowest BCUT2D eigenvalue weighted by molar-refractivity contribution is -0.141. The maximum Gasteiger partial charge on any atom is 0.407 e. The van der Waals surface area contributed by atoms with Crippen LogP contribution in [-0.4, -0.2) is 71.9 Å². The summed E-state index contributed by atoms with van der Waals surface area (Å²) in [6, 6.07) is 9.74. The smallest absolute Gasteiger partial charge is 0.407 e. The number of likely N-dealkylation sites (tertiary alicyclic amines) is 1. The molecule has 0 unspecified atom stereocenters. The predicted molar refractivity (Wildman–Crippen MR) is 106 cm³/mol. The van der Waals surface area contributed by atoms with Gasteiger partial charge in [0.25, 0.3) is 5.91 Å². The fourth-order valence-corrected chi connectivity index (χ4v) is 5.91. The van der Waals surface area contributed by atoms with Gasteiger partial charge in [0.1, 0.15) is 0 Å². The molecule has 0 radical (unpaired) electrons. The molecule has 158 valence electrons. The highest BCUT2D eigenvalue weighted by molar-refractivity contribution is 7.89. The lowest BCUT2D eigenvalue weighted by Gasteiger charge is -2.40. The molecule has 1 saturated heterocycles. The Labute approximate surface area is 169 Å². The van der Waals surface area contributed by atoms with Gasteiger partial charge in [0.05, 0.1) is 11.2 Å². The third-order valence-electron chi connectivity index (χ3n) is 5.74. The molecule has 2 aliphatic heterocycles. The van der Waals surface area contributed by atoms with Crippen molar-refractivity contribution in [3.63, 3.8) is 0 Å². The molecule has 0 aliphatic carbocycles. The predicted octanol–water partition coefficient (Wildman–Crippen LogP) is 1.37. The maximum atomic E-state index is 13.0. The van der Waals surface area contributed by atoms with Gasteiger partial charge in [-0.2, -0.15) is 4.31 Å². The number of rotatable bonds is 5. The van der Waals surface area contributed by atoms with Crippen LogP contribution in [0.4, 0.5) is 4.79 Å². The van der Waals surface area contributed by atoms with E-state index in [0.717, 1.165) is 16.0 Å². The zero-order valence-electron chi connectivity index (χ0n) is 16.0. The van der Waals surface area contributed by atoms with Gasteiger partial charge in [0.15, 0.2) is 0 Å². The number of nitrogens with one attached hydrogen (secondary N) is 1. The zero-order valence-corrected chi connectivity index (χ0v) is 16.8. The molecule has 2 heterocycles. The van der Waals surface area contributed by atoms with Crippen molar-refractivity contribution in [3.05, 3.63) is 42.0 Å². The number of carbonyl (C=O) groups is 2. The number of benzene rings is 1. The molecule has 10 heteroatoms.